The van der Waals surface area contributed by atoms with E-state index < -0.39 is 10.4 Å². The Morgan fingerprint density at radius 1 is 1.04 bits per heavy atom. The lowest BCUT2D eigenvalue weighted by Gasteiger charge is -2.05. The molecular weight excluding hydrogens is 318 g/mol. The Labute approximate surface area is 135 Å². The van der Waals surface area contributed by atoms with E-state index in [-0.39, 0.29) is 5.75 Å². The van der Waals surface area contributed by atoms with E-state index in [1.807, 2.05) is 24.3 Å². The van der Waals surface area contributed by atoms with Gasteiger partial charge in [0.25, 0.3) is 0 Å². The van der Waals surface area contributed by atoms with E-state index in [1.54, 1.807) is 19.2 Å². The third kappa shape index (κ3) is 6.15. The van der Waals surface area contributed by atoms with Gasteiger partial charge in [-0.15, -0.1) is 0 Å². The van der Waals surface area contributed by atoms with Gasteiger partial charge >= 0.3 is 10.4 Å². The standard InChI is InChI=1S/C15H17N3O4S/c1-16-11-17-18-14-6-2-12(3-7-14)10-13-4-8-15(9-5-13)22-23(19,20)21/h2-9,16H,10-11H2,1H3,(H,19,20,21). The molecule has 0 heterocycles. The Morgan fingerprint density at radius 3 is 2.13 bits per heavy atom. The fourth-order valence-corrected chi connectivity index (χ4v) is 2.24. The average molecular weight is 335 g/mol. The molecule has 0 unspecified atom stereocenters. The van der Waals surface area contributed by atoms with E-state index >= 15 is 0 Å². The largest absolute Gasteiger partial charge is 0.446 e. The van der Waals surface area contributed by atoms with Crippen molar-refractivity contribution < 1.29 is 17.2 Å². The second kappa shape index (κ2) is 7.82. The van der Waals surface area contributed by atoms with Gasteiger partial charge in [0, 0.05) is 0 Å². The Kier molecular flexibility index (Phi) is 5.80. The molecule has 0 aromatic heterocycles. The quantitative estimate of drug-likeness (QED) is 0.598. The zero-order valence-corrected chi connectivity index (χ0v) is 13.3. The zero-order chi connectivity index (χ0) is 16.7. The van der Waals surface area contributed by atoms with Gasteiger partial charge in [0.1, 0.15) is 12.4 Å². The first kappa shape index (κ1) is 17.1. The van der Waals surface area contributed by atoms with Gasteiger partial charge in [0.05, 0.1) is 5.69 Å². The molecule has 7 nitrogen and oxygen atoms in total. The molecule has 2 N–H and O–H groups in total. The van der Waals surface area contributed by atoms with Crippen LogP contribution < -0.4 is 9.50 Å². The molecule has 0 aliphatic heterocycles. The molecular formula is C15H17N3O4S. The lowest BCUT2D eigenvalue weighted by atomic mass is 10.0. The smallest absolute Gasteiger partial charge is 0.362 e. The molecule has 2 aromatic rings. The van der Waals surface area contributed by atoms with E-state index in [0.717, 1.165) is 16.8 Å². The van der Waals surface area contributed by atoms with Gasteiger partial charge < -0.3 is 4.18 Å². The molecule has 0 amide bonds. The molecule has 2 rings (SSSR count). The van der Waals surface area contributed by atoms with Crippen LogP contribution in [0.25, 0.3) is 0 Å². The van der Waals surface area contributed by atoms with Crippen molar-refractivity contribution in [2.75, 3.05) is 13.7 Å². The minimum Gasteiger partial charge on any atom is -0.362 e. The number of rotatable bonds is 7. The van der Waals surface area contributed by atoms with E-state index in [0.29, 0.717) is 13.1 Å². The van der Waals surface area contributed by atoms with Crippen LogP contribution in [0.15, 0.2) is 58.8 Å². The number of hydrogen-bond donors (Lipinski definition) is 2. The fraction of sp³-hybridized carbons (Fsp3) is 0.200. The minimum atomic E-state index is -4.49. The van der Waals surface area contributed by atoms with Gasteiger partial charge in [0.2, 0.25) is 0 Å². The SMILES string of the molecule is CNCN=Nc1ccc(Cc2ccc(OS(=O)(=O)O)cc2)cc1. The second-order valence-electron chi connectivity index (χ2n) is 4.75. The maximum Gasteiger partial charge on any atom is 0.446 e. The van der Waals surface area contributed by atoms with E-state index in [4.69, 9.17) is 4.55 Å². The molecule has 0 radical (unpaired) electrons. The van der Waals surface area contributed by atoms with Crippen LogP contribution >= 0.6 is 0 Å². The number of azo groups is 1. The van der Waals surface area contributed by atoms with Crippen LogP contribution in [-0.2, 0) is 16.8 Å². The molecule has 0 saturated heterocycles. The second-order valence-corrected chi connectivity index (χ2v) is 5.77. The predicted octanol–water partition coefficient (Wildman–Crippen LogP) is 2.72. The van der Waals surface area contributed by atoms with Crippen molar-refractivity contribution in [2.45, 2.75) is 6.42 Å². The van der Waals surface area contributed by atoms with Crippen LogP contribution in [0.1, 0.15) is 11.1 Å². The summed E-state index contributed by atoms with van der Waals surface area (Å²) in [4.78, 5) is 0. The summed E-state index contributed by atoms with van der Waals surface area (Å²) in [5.74, 6) is 0.0662. The topological polar surface area (TPSA) is 100 Å². The van der Waals surface area contributed by atoms with E-state index in [1.165, 1.54) is 12.1 Å². The predicted molar refractivity (Wildman–Crippen MR) is 86.3 cm³/mol. The van der Waals surface area contributed by atoms with Crippen LogP contribution in [0.4, 0.5) is 5.69 Å². The minimum absolute atomic E-state index is 0.0662. The average Bonchev–Trinajstić information content (AvgIpc) is 2.50. The summed E-state index contributed by atoms with van der Waals surface area (Å²) >= 11 is 0. The van der Waals surface area contributed by atoms with Crippen molar-refractivity contribution in [3.8, 4) is 5.75 Å². The van der Waals surface area contributed by atoms with Gasteiger partial charge in [-0.25, -0.2) is 0 Å². The molecule has 0 saturated carbocycles. The highest BCUT2D eigenvalue weighted by atomic mass is 32.3. The van der Waals surface area contributed by atoms with Crippen LogP contribution in [0, 0.1) is 0 Å². The third-order valence-electron chi connectivity index (χ3n) is 2.88. The zero-order valence-electron chi connectivity index (χ0n) is 12.5. The van der Waals surface area contributed by atoms with Gasteiger partial charge in [-0.3, -0.25) is 9.87 Å². The summed E-state index contributed by atoms with van der Waals surface area (Å²) in [6.45, 7) is 0.472. The Hall–Kier alpha value is -2.29. The fourth-order valence-electron chi connectivity index (χ4n) is 1.89. The first-order valence-corrected chi connectivity index (χ1v) is 8.20. The van der Waals surface area contributed by atoms with Crippen LogP contribution in [-0.4, -0.2) is 26.7 Å². The number of nitrogens with one attached hydrogen (secondary N) is 1. The van der Waals surface area contributed by atoms with Gasteiger partial charge in [-0.05, 0) is 48.9 Å². The summed E-state index contributed by atoms with van der Waals surface area (Å²) in [5, 5.41) is 10.9. The molecule has 122 valence electrons. The third-order valence-corrected chi connectivity index (χ3v) is 3.29. The highest BCUT2D eigenvalue weighted by molar-refractivity contribution is 7.81. The van der Waals surface area contributed by atoms with Gasteiger partial charge in [0.15, 0.2) is 0 Å². The van der Waals surface area contributed by atoms with Crippen LogP contribution in [0.2, 0.25) is 0 Å². The van der Waals surface area contributed by atoms with Crippen LogP contribution in [0.5, 0.6) is 5.75 Å². The summed E-state index contributed by atoms with van der Waals surface area (Å²) in [6, 6.07) is 14.1. The van der Waals surface area contributed by atoms with Crippen molar-refractivity contribution >= 4 is 16.1 Å². The van der Waals surface area contributed by atoms with Crippen molar-refractivity contribution in [3.05, 3.63) is 59.7 Å². The Balaban J connectivity index is 1.99. The highest BCUT2D eigenvalue weighted by Gasteiger charge is 2.06. The monoisotopic (exact) mass is 335 g/mol. The Morgan fingerprint density at radius 2 is 1.61 bits per heavy atom. The van der Waals surface area contributed by atoms with Crippen molar-refractivity contribution in [3.63, 3.8) is 0 Å². The van der Waals surface area contributed by atoms with Crippen molar-refractivity contribution in [1.29, 1.82) is 0 Å². The summed E-state index contributed by atoms with van der Waals surface area (Å²) in [6.07, 6.45) is 0.681. The maximum atomic E-state index is 10.6. The van der Waals surface area contributed by atoms with E-state index in [2.05, 4.69) is 19.7 Å². The molecule has 23 heavy (non-hydrogen) atoms. The highest BCUT2D eigenvalue weighted by Crippen LogP contribution is 2.18. The molecule has 0 atom stereocenters. The molecule has 0 bridgehead atoms. The van der Waals surface area contributed by atoms with Crippen LogP contribution in [0.3, 0.4) is 0 Å². The summed E-state index contributed by atoms with van der Waals surface area (Å²) in [7, 11) is -2.69. The number of benzene rings is 2. The molecule has 0 aliphatic rings. The van der Waals surface area contributed by atoms with Crippen molar-refractivity contribution in [2.24, 2.45) is 10.2 Å². The summed E-state index contributed by atoms with van der Waals surface area (Å²) in [5.41, 5.74) is 2.85. The normalized spacial score (nSPS) is 11.7. The summed E-state index contributed by atoms with van der Waals surface area (Å²) < 4.78 is 34.2. The molecule has 2 aromatic carbocycles. The van der Waals surface area contributed by atoms with Gasteiger partial charge in [-0.1, -0.05) is 24.3 Å². The number of hydrogen-bond acceptors (Lipinski definition) is 6. The molecule has 0 spiro atoms. The Bertz CT molecular complexity index is 756. The molecule has 0 aliphatic carbocycles. The number of nitrogens with zero attached hydrogens (tertiary/aromatic N) is 2. The lowest BCUT2D eigenvalue weighted by molar-refractivity contribution is 0.387. The lowest BCUT2D eigenvalue weighted by Crippen LogP contribution is -2.06. The van der Waals surface area contributed by atoms with Crippen molar-refractivity contribution in [1.82, 2.24) is 5.32 Å². The first-order chi connectivity index (χ1) is 11.0. The molecule has 0 fully saturated rings. The van der Waals surface area contributed by atoms with E-state index in [9.17, 15) is 8.42 Å². The molecule has 8 heteroatoms. The van der Waals surface area contributed by atoms with Gasteiger partial charge in [-0.2, -0.15) is 18.6 Å². The first-order valence-electron chi connectivity index (χ1n) is 6.83. The maximum absolute atomic E-state index is 10.6.